The molecule has 0 atom stereocenters. The highest BCUT2D eigenvalue weighted by atomic mass is 16.6. The number of piperidine rings is 1. The minimum absolute atomic E-state index is 0.112. The SMILES string of the molecule is CCNC(=NCCNC(C)(C)C)NC1CCN(C(=O)OCC)CC1. The highest BCUT2D eigenvalue weighted by molar-refractivity contribution is 5.80. The first-order chi connectivity index (χ1) is 11.4. The fraction of sp³-hybridized carbons (Fsp3) is 0.882. The van der Waals surface area contributed by atoms with Crippen LogP contribution in [0, 0.1) is 0 Å². The number of carbonyl (C=O) groups is 1. The molecule has 1 aliphatic heterocycles. The predicted octanol–water partition coefficient (Wildman–Crippen LogP) is 1.55. The molecular formula is C17H35N5O2. The Bertz CT molecular complexity index is 398. The van der Waals surface area contributed by atoms with E-state index in [2.05, 4.69) is 48.6 Å². The topological polar surface area (TPSA) is 78.0 Å². The van der Waals surface area contributed by atoms with Gasteiger partial charge in [0.2, 0.25) is 0 Å². The number of guanidine groups is 1. The molecule has 0 spiro atoms. The molecule has 0 aromatic carbocycles. The average molecular weight is 342 g/mol. The molecule has 140 valence electrons. The summed E-state index contributed by atoms with van der Waals surface area (Å²) in [6, 6.07) is 0.337. The van der Waals surface area contributed by atoms with Crippen LogP contribution in [0.15, 0.2) is 4.99 Å². The third kappa shape index (κ3) is 8.38. The molecule has 3 N–H and O–H groups in total. The summed E-state index contributed by atoms with van der Waals surface area (Å²) in [5, 5.41) is 10.2. The number of aliphatic imine (C=N–C) groups is 1. The molecule has 1 fully saturated rings. The summed E-state index contributed by atoms with van der Waals surface area (Å²) in [5.41, 5.74) is 0.112. The average Bonchev–Trinajstić information content (AvgIpc) is 2.51. The van der Waals surface area contributed by atoms with E-state index in [0.29, 0.717) is 12.6 Å². The molecule has 7 heteroatoms. The maximum absolute atomic E-state index is 11.7. The first-order valence-corrected chi connectivity index (χ1v) is 9.07. The lowest BCUT2D eigenvalue weighted by Crippen LogP contribution is -2.50. The number of likely N-dealkylation sites (tertiary alicyclic amines) is 1. The fourth-order valence-electron chi connectivity index (χ4n) is 2.53. The van der Waals surface area contributed by atoms with Crippen LogP contribution in [0.3, 0.4) is 0 Å². The van der Waals surface area contributed by atoms with E-state index in [4.69, 9.17) is 4.74 Å². The van der Waals surface area contributed by atoms with Crippen molar-refractivity contribution in [3.63, 3.8) is 0 Å². The van der Waals surface area contributed by atoms with E-state index < -0.39 is 0 Å². The zero-order valence-corrected chi connectivity index (χ0v) is 15.9. The minimum Gasteiger partial charge on any atom is -0.450 e. The summed E-state index contributed by atoms with van der Waals surface area (Å²) in [6.07, 6.45) is 1.61. The molecule has 0 bridgehead atoms. The van der Waals surface area contributed by atoms with Gasteiger partial charge >= 0.3 is 6.09 Å². The van der Waals surface area contributed by atoms with E-state index in [1.165, 1.54) is 0 Å². The van der Waals surface area contributed by atoms with Crippen molar-refractivity contribution in [3.8, 4) is 0 Å². The Labute approximate surface area is 146 Å². The van der Waals surface area contributed by atoms with Crippen LogP contribution in [-0.4, -0.2) is 67.9 Å². The molecule has 1 aliphatic rings. The first-order valence-electron chi connectivity index (χ1n) is 9.07. The van der Waals surface area contributed by atoms with Gasteiger partial charge in [0.05, 0.1) is 13.2 Å². The van der Waals surface area contributed by atoms with Gasteiger partial charge in [0, 0.05) is 37.8 Å². The normalized spacial score (nSPS) is 16.9. The number of ether oxygens (including phenoxy) is 1. The van der Waals surface area contributed by atoms with Crippen LogP contribution in [0.5, 0.6) is 0 Å². The lowest BCUT2D eigenvalue weighted by Gasteiger charge is -2.32. The van der Waals surface area contributed by atoms with Gasteiger partial charge in [0.15, 0.2) is 5.96 Å². The van der Waals surface area contributed by atoms with E-state index in [-0.39, 0.29) is 11.6 Å². The van der Waals surface area contributed by atoms with E-state index in [1.54, 1.807) is 4.90 Å². The molecule has 0 aromatic heterocycles. The zero-order valence-electron chi connectivity index (χ0n) is 15.9. The van der Waals surface area contributed by atoms with Crippen LogP contribution in [0.2, 0.25) is 0 Å². The molecule has 1 heterocycles. The van der Waals surface area contributed by atoms with Gasteiger partial charge in [0.1, 0.15) is 0 Å². The second kappa shape index (κ2) is 10.4. The van der Waals surface area contributed by atoms with Gasteiger partial charge in [-0.1, -0.05) is 0 Å². The summed E-state index contributed by atoms with van der Waals surface area (Å²) < 4.78 is 5.05. The Balaban J connectivity index is 2.39. The van der Waals surface area contributed by atoms with E-state index >= 15 is 0 Å². The van der Waals surface area contributed by atoms with Gasteiger partial charge in [-0.15, -0.1) is 0 Å². The third-order valence-corrected chi connectivity index (χ3v) is 3.74. The maximum atomic E-state index is 11.7. The van der Waals surface area contributed by atoms with E-state index in [0.717, 1.165) is 51.5 Å². The summed E-state index contributed by atoms with van der Waals surface area (Å²) in [6.45, 7) is 14.6. The molecule has 1 amide bonds. The quantitative estimate of drug-likeness (QED) is 0.388. The molecule has 24 heavy (non-hydrogen) atoms. The lowest BCUT2D eigenvalue weighted by atomic mass is 10.1. The second-order valence-corrected chi connectivity index (χ2v) is 7.04. The van der Waals surface area contributed by atoms with Gasteiger partial charge in [0.25, 0.3) is 0 Å². The molecule has 7 nitrogen and oxygen atoms in total. The summed E-state index contributed by atoms with van der Waals surface area (Å²) in [4.78, 5) is 18.1. The van der Waals surface area contributed by atoms with Gasteiger partial charge < -0.3 is 25.6 Å². The van der Waals surface area contributed by atoms with Crippen molar-refractivity contribution in [1.29, 1.82) is 0 Å². The number of nitrogens with one attached hydrogen (secondary N) is 3. The van der Waals surface area contributed by atoms with Crippen LogP contribution >= 0.6 is 0 Å². The number of nitrogens with zero attached hydrogens (tertiary/aromatic N) is 2. The van der Waals surface area contributed by atoms with Crippen LogP contribution < -0.4 is 16.0 Å². The maximum Gasteiger partial charge on any atom is 0.409 e. The Morgan fingerprint density at radius 1 is 1.25 bits per heavy atom. The smallest absolute Gasteiger partial charge is 0.409 e. The number of carbonyl (C=O) groups excluding carboxylic acids is 1. The second-order valence-electron chi connectivity index (χ2n) is 7.04. The Morgan fingerprint density at radius 2 is 1.92 bits per heavy atom. The molecule has 1 rings (SSSR count). The van der Waals surface area contributed by atoms with Crippen LogP contribution in [0.1, 0.15) is 47.5 Å². The monoisotopic (exact) mass is 341 g/mol. The number of rotatable bonds is 6. The van der Waals surface area contributed by atoms with Crippen LogP contribution in [0.25, 0.3) is 0 Å². The van der Waals surface area contributed by atoms with Crippen molar-refractivity contribution in [3.05, 3.63) is 0 Å². The van der Waals surface area contributed by atoms with Gasteiger partial charge in [-0.05, 0) is 47.5 Å². The fourth-order valence-corrected chi connectivity index (χ4v) is 2.53. The van der Waals surface area contributed by atoms with Crippen LogP contribution in [0.4, 0.5) is 4.79 Å². The van der Waals surface area contributed by atoms with E-state index in [1.807, 2.05) is 6.92 Å². The first kappa shape index (κ1) is 20.5. The lowest BCUT2D eigenvalue weighted by molar-refractivity contribution is 0.0963. The van der Waals surface area contributed by atoms with Crippen molar-refractivity contribution in [2.24, 2.45) is 4.99 Å². The molecule has 0 unspecified atom stereocenters. The highest BCUT2D eigenvalue weighted by Crippen LogP contribution is 2.11. The minimum atomic E-state index is -0.204. The van der Waals surface area contributed by atoms with E-state index in [9.17, 15) is 4.79 Å². The van der Waals surface area contributed by atoms with Crippen molar-refractivity contribution in [2.45, 2.75) is 59.0 Å². The predicted molar refractivity (Wildman–Crippen MR) is 98.5 cm³/mol. The Hall–Kier alpha value is -1.50. The standard InChI is InChI=1S/C17H35N5O2/c1-6-18-15(19-10-11-20-17(3,4)5)21-14-8-12-22(13-9-14)16(23)24-7-2/h14,20H,6-13H2,1-5H3,(H2,18,19,21). The van der Waals surface area contributed by atoms with Crippen molar-refractivity contribution in [1.82, 2.24) is 20.9 Å². The molecule has 0 aromatic rings. The molecule has 0 saturated carbocycles. The van der Waals surface area contributed by atoms with Crippen molar-refractivity contribution < 1.29 is 9.53 Å². The Kier molecular flexibility index (Phi) is 8.89. The third-order valence-electron chi connectivity index (χ3n) is 3.74. The molecule has 0 radical (unpaired) electrons. The van der Waals surface area contributed by atoms with Gasteiger partial charge in [-0.25, -0.2) is 4.79 Å². The highest BCUT2D eigenvalue weighted by Gasteiger charge is 2.24. The van der Waals surface area contributed by atoms with Gasteiger partial charge in [-0.2, -0.15) is 0 Å². The van der Waals surface area contributed by atoms with Crippen LogP contribution in [-0.2, 0) is 4.74 Å². The number of hydrogen-bond donors (Lipinski definition) is 3. The number of amides is 1. The molecule has 1 saturated heterocycles. The Morgan fingerprint density at radius 3 is 2.46 bits per heavy atom. The zero-order chi connectivity index (χ0) is 18.0. The largest absolute Gasteiger partial charge is 0.450 e. The molecular weight excluding hydrogens is 306 g/mol. The molecule has 0 aliphatic carbocycles. The summed E-state index contributed by atoms with van der Waals surface area (Å²) in [5.74, 6) is 0.850. The summed E-state index contributed by atoms with van der Waals surface area (Å²) in [7, 11) is 0. The summed E-state index contributed by atoms with van der Waals surface area (Å²) >= 11 is 0. The van der Waals surface area contributed by atoms with Crippen molar-refractivity contribution >= 4 is 12.1 Å². The number of hydrogen-bond acceptors (Lipinski definition) is 4. The van der Waals surface area contributed by atoms with Gasteiger partial charge in [-0.3, -0.25) is 4.99 Å². The van der Waals surface area contributed by atoms with Crippen molar-refractivity contribution in [2.75, 3.05) is 39.3 Å².